The van der Waals surface area contributed by atoms with Crippen LogP contribution in [0.4, 0.5) is 0 Å². The zero-order valence-electron chi connectivity index (χ0n) is 12.6. The lowest BCUT2D eigenvalue weighted by Crippen LogP contribution is -2.14. The van der Waals surface area contributed by atoms with E-state index in [1.54, 1.807) is 0 Å². The Morgan fingerprint density at radius 3 is 2.26 bits per heavy atom. The number of hydrogen-bond donors (Lipinski definition) is 1. The monoisotopic (exact) mass is 259 g/mol. The Bertz CT molecular complexity index is 360. The molecule has 2 rings (SSSR count). The summed E-state index contributed by atoms with van der Waals surface area (Å²) in [4.78, 5) is 0. The van der Waals surface area contributed by atoms with Crippen molar-refractivity contribution in [2.24, 2.45) is 17.6 Å². The van der Waals surface area contributed by atoms with Gasteiger partial charge >= 0.3 is 0 Å². The molecule has 0 saturated heterocycles. The molecule has 1 aliphatic rings. The molecule has 1 nitrogen and oxygen atoms in total. The molecule has 1 aromatic carbocycles. The summed E-state index contributed by atoms with van der Waals surface area (Å²) in [7, 11) is 0. The molecule has 2 N–H and O–H groups in total. The van der Waals surface area contributed by atoms with Crippen LogP contribution in [0.2, 0.25) is 0 Å². The van der Waals surface area contributed by atoms with Crippen LogP contribution in [-0.4, -0.2) is 6.54 Å². The van der Waals surface area contributed by atoms with Gasteiger partial charge in [0, 0.05) is 0 Å². The number of hydrogen-bond acceptors (Lipinski definition) is 1. The lowest BCUT2D eigenvalue weighted by Gasteiger charge is -2.23. The molecule has 0 bridgehead atoms. The van der Waals surface area contributed by atoms with Crippen LogP contribution in [0.25, 0.3) is 0 Å². The van der Waals surface area contributed by atoms with Gasteiger partial charge in [0.15, 0.2) is 0 Å². The standard InChI is InChI=1S/C18H29N/c1-14(2)13-15-7-9-17(10-8-15)18(11-12-19)16-5-3-4-6-16/h7-10,14,16,18H,3-6,11-13,19H2,1-2H3. The smallest absolute Gasteiger partial charge is 0.00713 e. The van der Waals surface area contributed by atoms with Crippen LogP contribution in [0.15, 0.2) is 24.3 Å². The molecular formula is C18H29N. The minimum absolute atomic E-state index is 0.695. The van der Waals surface area contributed by atoms with E-state index in [1.807, 2.05) is 0 Å². The molecule has 1 aromatic rings. The second-order valence-electron chi connectivity index (χ2n) is 6.57. The van der Waals surface area contributed by atoms with Crippen molar-refractivity contribution in [1.29, 1.82) is 0 Å². The third-order valence-electron chi connectivity index (χ3n) is 4.50. The van der Waals surface area contributed by atoms with E-state index >= 15 is 0 Å². The van der Waals surface area contributed by atoms with E-state index in [0.29, 0.717) is 5.92 Å². The van der Waals surface area contributed by atoms with Gasteiger partial charge in [-0.3, -0.25) is 0 Å². The van der Waals surface area contributed by atoms with Gasteiger partial charge in [-0.2, -0.15) is 0 Å². The van der Waals surface area contributed by atoms with Crippen molar-refractivity contribution >= 4 is 0 Å². The zero-order valence-corrected chi connectivity index (χ0v) is 12.6. The molecule has 0 aliphatic heterocycles. The van der Waals surface area contributed by atoms with Gasteiger partial charge in [0.25, 0.3) is 0 Å². The first-order valence-corrected chi connectivity index (χ1v) is 7.99. The fraction of sp³-hybridized carbons (Fsp3) is 0.667. The molecule has 1 atom stereocenters. The Labute approximate surface area is 118 Å². The van der Waals surface area contributed by atoms with E-state index in [0.717, 1.165) is 24.8 Å². The largest absolute Gasteiger partial charge is 0.330 e. The summed E-state index contributed by atoms with van der Waals surface area (Å²) in [5.41, 5.74) is 8.82. The van der Waals surface area contributed by atoms with E-state index in [4.69, 9.17) is 5.73 Å². The van der Waals surface area contributed by atoms with Crippen molar-refractivity contribution in [1.82, 2.24) is 0 Å². The van der Waals surface area contributed by atoms with Gasteiger partial charge in [-0.05, 0) is 61.1 Å². The first-order chi connectivity index (χ1) is 9.20. The highest BCUT2D eigenvalue weighted by Gasteiger charge is 2.25. The summed E-state index contributed by atoms with van der Waals surface area (Å²) in [5, 5.41) is 0. The van der Waals surface area contributed by atoms with Crippen LogP contribution in [-0.2, 0) is 6.42 Å². The normalized spacial score (nSPS) is 18.1. The fourth-order valence-corrected chi connectivity index (χ4v) is 3.59. The molecule has 1 saturated carbocycles. The number of benzene rings is 1. The molecule has 0 heterocycles. The van der Waals surface area contributed by atoms with Gasteiger partial charge in [-0.15, -0.1) is 0 Å². The molecule has 0 aromatic heterocycles. The maximum absolute atomic E-state index is 5.83. The quantitative estimate of drug-likeness (QED) is 0.799. The summed E-state index contributed by atoms with van der Waals surface area (Å²) < 4.78 is 0. The molecule has 0 spiro atoms. The molecule has 1 heteroatoms. The van der Waals surface area contributed by atoms with Gasteiger partial charge in [0.2, 0.25) is 0 Å². The third kappa shape index (κ3) is 4.07. The predicted molar refractivity (Wildman–Crippen MR) is 83.4 cm³/mol. The summed E-state index contributed by atoms with van der Waals surface area (Å²) >= 11 is 0. The van der Waals surface area contributed by atoms with Crippen LogP contribution in [0.1, 0.15) is 63.0 Å². The van der Waals surface area contributed by atoms with Crippen molar-refractivity contribution in [3.63, 3.8) is 0 Å². The number of rotatable bonds is 6. The van der Waals surface area contributed by atoms with Gasteiger partial charge in [0.05, 0.1) is 0 Å². The van der Waals surface area contributed by atoms with Gasteiger partial charge in [-0.1, -0.05) is 51.0 Å². The third-order valence-corrected chi connectivity index (χ3v) is 4.50. The lowest BCUT2D eigenvalue weighted by molar-refractivity contribution is 0.415. The van der Waals surface area contributed by atoms with Crippen molar-refractivity contribution in [2.45, 2.75) is 58.3 Å². The van der Waals surface area contributed by atoms with E-state index in [1.165, 1.54) is 43.2 Å². The second kappa shape index (κ2) is 7.09. The van der Waals surface area contributed by atoms with Crippen molar-refractivity contribution in [2.75, 3.05) is 6.54 Å². The van der Waals surface area contributed by atoms with Gasteiger partial charge in [-0.25, -0.2) is 0 Å². The minimum Gasteiger partial charge on any atom is -0.330 e. The number of nitrogens with two attached hydrogens (primary N) is 1. The van der Waals surface area contributed by atoms with Crippen molar-refractivity contribution in [3.05, 3.63) is 35.4 Å². The fourth-order valence-electron chi connectivity index (χ4n) is 3.59. The molecule has 0 amide bonds. The lowest BCUT2D eigenvalue weighted by atomic mass is 9.82. The van der Waals surface area contributed by atoms with Crippen LogP contribution in [0.3, 0.4) is 0 Å². The molecule has 1 unspecified atom stereocenters. The summed E-state index contributed by atoms with van der Waals surface area (Å²) in [6.45, 7) is 5.38. The van der Waals surface area contributed by atoms with E-state index in [2.05, 4.69) is 38.1 Å². The highest BCUT2D eigenvalue weighted by atomic mass is 14.5. The average Bonchev–Trinajstić information content (AvgIpc) is 2.90. The summed E-state index contributed by atoms with van der Waals surface area (Å²) in [6, 6.07) is 9.37. The molecule has 19 heavy (non-hydrogen) atoms. The Morgan fingerprint density at radius 1 is 1.11 bits per heavy atom. The molecule has 106 valence electrons. The highest BCUT2D eigenvalue weighted by molar-refractivity contribution is 5.26. The average molecular weight is 259 g/mol. The minimum atomic E-state index is 0.695. The van der Waals surface area contributed by atoms with Gasteiger partial charge in [0.1, 0.15) is 0 Å². The second-order valence-corrected chi connectivity index (χ2v) is 6.57. The van der Waals surface area contributed by atoms with E-state index in [9.17, 15) is 0 Å². The summed E-state index contributed by atoms with van der Waals surface area (Å²) in [5.74, 6) is 2.31. The van der Waals surface area contributed by atoms with Crippen molar-refractivity contribution < 1.29 is 0 Å². The van der Waals surface area contributed by atoms with Crippen LogP contribution in [0, 0.1) is 11.8 Å². The van der Waals surface area contributed by atoms with Crippen molar-refractivity contribution in [3.8, 4) is 0 Å². The predicted octanol–water partition coefficient (Wildman–Crippen LogP) is 4.51. The maximum Gasteiger partial charge on any atom is -0.00713 e. The summed E-state index contributed by atoms with van der Waals surface area (Å²) in [6.07, 6.45) is 7.96. The van der Waals surface area contributed by atoms with Crippen LogP contribution < -0.4 is 5.73 Å². The maximum atomic E-state index is 5.83. The SMILES string of the molecule is CC(C)Cc1ccc(C(CCN)C2CCCC2)cc1. The van der Waals surface area contributed by atoms with E-state index in [-0.39, 0.29) is 0 Å². The first kappa shape index (κ1) is 14.6. The Kier molecular flexibility index (Phi) is 5.45. The molecule has 1 aliphatic carbocycles. The highest BCUT2D eigenvalue weighted by Crippen LogP contribution is 2.39. The Hall–Kier alpha value is -0.820. The van der Waals surface area contributed by atoms with Crippen LogP contribution in [0.5, 0.6) is 0 Å². The molecule has 1 fully saturated rings. The Morgan fingerprint density at radius 2 is 1.74 bits per heavy atom. The molecule has 0 radical (unpaired) electrons. The zero-order chi connectivity index (χ0) is 13.7. The van der Waals surface area contributed by atoms with Gasteiger partial charge < -0.3 is 5.73 Å². The van der Waals surface area contributed by atoms with E-state index < -0.39 is 0 Å². The van der Waals surface area contributed by atoms with Crippen LogP contribution >= 0.6 is 0 Å². The first-order valence-electron chi connectivity index (χ1n) is 7.99. The topological polar surface area (TPSA) is 26.0 Å². The Balaban J connectivity index is 2.08. The molecular weight excluding hydrogens is 230 g/mol.